The van der Waals surface area contributed by atoms with Crippen LogP contribution < -0.4 is 10.6 Å². The number of ether oxygens (including phenoxy) is 1. The van der Waals surface area contributed by atoms with Gasteiger partial charge in [0.2, 0.25) is 5.91 Å². The van der Waals surface area contributed by atoms with Crippen molar-refractivity contribution in [3.05, 3.63) is 36.0 Å². The number of aliphatic carboxylic acids is 2. The molecule has 0 spiro atoms. The second-order valence-electron chi connectivity index (χ2n) is 8.07. The predicted molar refractivity (Wildman–Crippen MR) is 112 cm³/mol. The highest BCUT2D eigenvalue weighted by atomic mass is 16.6. The van der Waals surface area contributed by atoms with E-state index in [1.165, 1.54) is 0 Å². The molecule has 0 bridgehead atoms. The molecule has 168 valence electrons. The number of H-pyrrole nitrogens is 1. The molecule has 1 aromatic heterocycles. The van der Waals surface area contributed by atoms with Crippen LogP contribution in [0, 0.1) is 0 Å². The lowest BCUT2D eigenvalue weighted by molar-refractivity contribution is -0.142. The van der Waals surface area contributed by atoms with E-state index in [1.54, 1.807) is 27.0 Å². The first kappa shape index (κ1) is 22.1. The minimum absolute atomic E-state index is 0.000986. The number of aromatic amines is 1. The van der Waals surface area contributed by atoms with E-state index >= 15 is 0 Å². The molecule has 0 unspecified atom stereocenters. The van der Waals surface area contributed by atoms with E-state index in [1.807, 2.05) is 24.3 Å². The van der Waals surface area contributed by atoms with Gasteiger partial charge in [-0.25, -0.2) is 9.59 Å². The monoisotopic (exact) mass is 434 g/mol. The molecule has 0 aliphatic heterocycles. The van der Waals surface area contributed by atoms with Crippen LogP contribution in [-0.4, -0.2) is 56.8 Å². The second kappa shape index (κ2) is 9.96. The Morgan fingerprint density at radius 3 is 2.52 bits per heavy atom. The fraction of sp³-hybridized carbons (Fsp3) is 0.429. The Bertz CT molecular complexity index is 983. The van der Waals surface area contributed by atoms with Gasteiger partial charge in [-0.3, -0.25) is 9.59 Å². The van der Waals surface area contributed by atoms with E-state index in [9.17, 15) is 24.3 Å². The van der Waals surface area contributed by atoms with Gasteiger partial charge >= 0.3 is 18.0 Å². The molecule has 1 aromatic carbocycles. The molecule has 0 aliphatic rings. The largest absolute Gasteiger partial charge is 0.481 e. The average molecular weight is 434 g/mol. The molecule has 5 N–H and O–H groups in total. The number of aromatic nitrogens is 1. The van der Waals surface area contributed by atoms with Crippen LogP contribution in [0.2, 0.25) is 0 Å². The van der Waals surface area contributed by atoms with Gasteiger partial charge in [-0.2, -0.15) is 0 Å². The van der Waals surface area contributed by atoms with E-state index in [-0.39, 0.29) is 19.3 Å². The third-order valence-electron chi connectivity index (χ3n) is 4.36. The number of carboxylic acids is 2. The molecule has 2 rings (SSSR count). The third kappa shape index (κ3) is 7.32. The van der Waals surface area contributed by atoms with Crippen molar-refractivity contribution in [1.29, 1.82) is 1.43 Å². The zero-order valence-corrected chi connectivity index (χ0v) is 17.6. The van der Waals surface area contributed by atoms with Crippen molar-refractivity contribution in [1.82, 2.24) is 15.6 Å². The first-order valence-corrected chi connectivity index (χ1v) is 9.74. The summed E-state index contributed by atoms with van der Waals surface area (Å²) in [7, 11) is 0. The van der Waals surface area contributed by atoms with Gasteiger partial charge in [0.15, 0.2) is 0 Å². The van der Waals surface area contributed by atoms with Crippen molar-refractivity contribution in [3.8, 4) is 0 Å². The van der Waals surface area contributed by atoms with Crippen molar-refractivity contribution >= 4 is 34.8 Å². The SMILES string of the molecule is [2H]OC(=O)CC[C@@H](NC(=O)OC(C)(C)C)C(=O)N[C@@H](Cc1c[nH]c2ccccc12)C(=O)O. The van der Waals surface area contributed by atoms with Gasteiger partial charge in [0, 0.05) is 29.9 Å². The van der Waals surface area contributed by atoms with E-state index < -0.39 is 41.6 Å². The van der Waals surface area contributed by atoms with Gasteiger partial charge in [0.1, 0.15) is 17.7 Å². The number of nitrogens with one attached hydrogen (secondary N) is 3. The van der Waals surface area contributed by atoms with Crippen LogP contribution in [0.15, 0.2) is 30.5 Å². The molecule has 10 nitrogen and oxygen atoms in total. The van der Waals surface area contributed by atoms with Crippen LogP contribution in [0.5, 0.6) is 0 Å². The molecule has 0 saturated heterocycles. The lowest BCUT2D eigenvalue weighted by Gasteiger charge is -2.24. The Morgan fingerprint density at radius 1 is 1.16 bits per heavy atom. The summed E-state index contributed by atoms with van der Waals surface area (Å²) < 4.78 is 11.8. The number of rotatable bonds is 9. The fourth-order valence-corrected chi connectivity index (χ4v) is 2.97. The number of carbonyl (C=O) groups is 4. The van der Waals surface area contributed by atoms with Crippen molar-refractivity contribution in [3.63, 3.8) is 0 Å². The molecule has 10 heteroatoms. The quantitative estimate of drug-likeness (QED) is 0.404. The van der Waals surface area contributed by atoms with Crippen molar-refractivity contribution in [2.45, 2.75) is 57.7 Å². The minimum atomic E-state index is -1.28. The Balaban J connectivity index is 2.14. The predicted octanol–water partition coefficient (Wildman–Crippen LogP) is 2.04. The number of amides is 2. The maximum atomic E-state index is 12.8. The summed E-state index contributed by atoms with van der Waals surface area (Å²) >= 11 is 0. The Kier molecular flexibility index (Phi) is 7.11. The lowest BCUT2D eigenvalue weighted by atomic mass is 10.0. The summed E-state index contributed by atoms with van der Waals surface area (Å²) in [5.74, 6) is -2.96. The van der Waals surface area contributed by atoms with Gasteiger partial charge in [0.05, 0.1) is 0 Å². The molecule has 2 aromatic rings. The van der Waals surface area contributed by atoms with Crippen molar-refractivity contribution < 1.29 is 34.1 Å². The van der Waals surface area contributed by atoms with Gasteiger partial charge < -0.3 is 30.6 Å². The highest BCUT2D eigenvalue weighted by Gasteiger charge is 2.29. The van der Waals surface area contributed by atoms with E-state index in [0.717, 1.165) is 10.9 Å². The molecule has 1 heterocycles. The molecular weight excluding hydrogens is 406 g/mol. The number of para-hydroxylation sites is 1. The molecule has 0 fully saturated rings. The number of hydrogen-bond donors (Lipinski definition) is 5. The fourth-order valence-electron chi connectivity index (χ4n) is 2.97. The minimum Gasteiger partial charge on any atom is -0.481 e. The summed E-state index contributed by atoms with van der Waals surface area (Å²) in [4.78, 5) is 51.1. The summed E-state index contributed by atoms with van der Waals surface area (Å²) in [5, 5.41) is 19.0. The molecule has 2 amide bonds. The molecule has 31 heavy (non-hydrogen) atoms. The first-order chi connectivity index (χ1) is 15.0. The first-order valence-electron chi connectivity index (χ1n) is 10.1. The maximum Gasteiger partial charge on any atom is 0.408 e. The standard InChI is InChI=1S/C21H27N3O7/c1-21(2,3)31-20(30)24-15(8-9-17(25)26)18(27)23-16(19(28)29)10-12-11-22-14-7-5-4-6-13(12)14/h4-7,11,15-16,22H,8-10H2,1-3H3,(H,23,27)(H,24,30)(H,25,26)(H,28,29)/t15-,16+/m1/s1/i/hD. The van der Waals surface area contributed by atoms with Crippen molar-refractivity contribution in [2.75, 3.05) is 0 Å². The Labute approximate surface area is 180 Å². The smallest absolute Gasteiger partial charge is 0.408 e. The Morgan fingerprint density at radius 2 is 1.87 bits per heavy atom. The zero-order valence-electron chi connectivity index (χ0n) is 18.6. The summed E-state index contributed by atoms with van der Waals surface area (Å²) in [6, 6.07) is 4.79. The maximum absolute atomic E-state index is 12.8. The van der Waals surface area contributed by atoms with E-state index in [2.05, 4.69) is 20.7 Å². The number of benzene rings is 1. The number of hydrogen-bond acceptors (Lipinski definition) is 6. The molecule has 0 radical (unpaired) electrons. The highest BCUT2D eigenvalue weighted by molar-refractivity contribution is 5.90. The van der Waals surface area contributed by atoms with Gasteiger partial charge in [-0.15, -0.1) is 0 Å². The van der Waals surface area contributed by atoms with E-state index in [0.29, 0.717) is 5.56 Å². The molecule has 2 atom stereocenters. The number of alkyl carbamates (subject to hydrolysis) is 1. The molecular formula is C21H27N3O7. The van der Waals surface area contributed by atoms with Gasteiger partial charge in [-0.05, 0) is 38.8 Å². The number of carbonyl (C=O) groups excluding carboxylic acids is 2. The summed E-state index contributed by atoms with van der Waals surface area (Å²) in [6.07, 6.45) is 0.229. The topological polar surface area (TPSA) is 158 Å². The lowest BCUT2D eigenvalue weighted by Crippen LogP contribution is -2.53. The average Bonchev–Trinajstić information content (AvgIpc) is 3.11. The van der Waals surface area contributed by atoms with Gasteiger partial charge in [-0.1, -0.05) is 18.2 Å². The third-order valence-corrected chi connectivity index (χ3v) is 4.36. The molecule has 0 aliphatic carbocycles. The van der Waals surface area contributed by atoms with Crippen molar-refractivity contribution in [2.24, 2.45) is 0 Å². The zero-order chi connectivity index (χ0) is 23.9. The summed E-state index contributed by atoms with van der Waals surface area (Å²) in [6.45, 7) is 4.92. The van der Waals surface area contributed by atoms with E-state index in [4.69, 9.17) is 6.17 Å². The van der Waals surface area contributed by atoms with Crippen LogP contribution in [0.4, 0.5) is 4.79 Å². The van der Waals surface area contributed by atoms with Crippen LogP contribution in [0.3, 0.4) is 0 Å². The number of fused-ring (bicyclic) bond motifs is 1. The van der Waals surface area contributed by atoms with Crippen LogP contribution >= 0.6 is 0 Å². The highest BCUT2D eigenvalue weighted by Crippen LogP contribution is 2.19. The van der Waals surface area contributed by atoms with Crippen LogP contribution in [0.25, 0.3) is 12.3 Å². The molecule has 0 saturated carbocycles. The second-order valence-corrected chi connectivity index (χ2v) is 8.07. The number of carboxylic acid groups (broad SMARTS) is 2. The van der Waals surface area contributed by atoms with Crippen LogP contribution in [0.1, 0.15) is 39.2 Å². The van der Waals surface area contributed by atoms with Gasteiger partial charge in [0.25, 0.3) is 1.43 Å². The summed E-state index contributed by atoms with van der Waals surface area (Å²) in [5.41, 5.74) is 0.698. The Hall–Kier alpha value is -3.56. The van der Waals surface area contributed by atoms with Crippen LogP contribution in [-0.2, 0) is 25.5 Å². The normalized spacial score (nSPS) is 13.6.